The zero-order valence-corrected chi connectivity index (χ0v) is 21.2. The van der Waals surface area contributed by atoms with E-state index in [4.69, 9.17) is 4.74 Å². The van der Waals surface area contributed by atoms with Crippen molar-refractivity contribution in [3.63, 3.8) is 0 Å². The maximum absolute atomic E-state index is 13.0. The second kappa shape index (κ2) is 11.1. The van der Waals surface area contributed by atoms with Gasteiger partial charge in [0.05, 0.1) is 5.52 Å². The van der Waals surface area contributed by atoms with Crippen LogP contribution in [0.25, 0.3) is 17.0 Å². The highest BCUT2D eigenvalue weighted by Gasteiger charge is 2.32. The van der Waals surface area contributed by atoms with Crippen molar-refractivity contribution >= 4 is 22.7 Å². The molecule has 0 aliphatic carbocycles. The Balaban J connectivity index is 1.12. The Morgan fingerprint density at radius 3 is 2.43 bits per heavy atom. The highest BCUT2D eigenvalue weighted by atomic mass is 19.4. The second-order valence-electron chi connectivity index (χ2n) is 9.90. The monoisotopic (exact) mass is 510 g/mol. The predicted octanol–water partition coefficient (Wildman–Crippen LogP) is 5.56. The number of anilines is 1. The third-order valence-electron chi connectivity index (χ3n) is 7.26. The van der Waals surface area contributed by atoms with Crippen molar-refractivity contribution in [2.75, 3.05) is 64.4 Å². The standard InChI is InChI=1S/C29H33F3N4O/c1-34-14-16-36(17-15-34)24-5-2-4-23(21-24)20-22-10-12-35(13-11-22)18-19-37-27-7-3-6-26-25(27)8-9-28(33-26)29(30,31)32/h2-9,20-21H,10-19H2,1H3. The van der Waals surface area contributed by atoms with Gasteiger partial charge in [-0.05, 0) is 61.9 Å². The van der Waals surface area contributed by atoms with Crippen molar-refractivity contribution in [2.45, 2.75) is 19.0 Å². The molecule has 0 atom stereocenters. The predicted molar refractivity (Wildman–Crippen MR) is 142 cm³/mol. The van der Waals surface area contributed by atoms with Crippen LogP contribution in [-0.4, -0.2) is 74.3 Å². The van der Waals surface area contributed by atoms with E-state index in [9.17, 15) is 13.2 Å². The molecule has 2 saturated heterocycles. The minimum Gasteiger partial charge on any atom is -0.492 e. The SMILES string of the molecule is CN1CCN(c2cccc(C=C3CCN(CCOc4cccc5nc(C(F)(F)F)ccc45)CC3)c2)CC1. The number of alkyl halides is 3. The van der Waals surface area contributed by atoms with Gasteiger partial charge in [0.2, 0.25) is 0 Å². The highest BCUT2D eigenvalue weighted by Crippen LogP contribution is 2.31. The average molecular weight is 511 g/mol. The molecule has 2 fully saturated rings. The highest BCUT2D eigenvalue weighted by molar-refractivity contribution is 5.85. The molecule has 0 unspecified atom stereocenters. The summed E-state index contributed by atoms with van der Waals surface area (Å²) in [5.74, 6) is 0.566. The van der Waals surface area contributed by atoms with Crippen LogP contribution in [0, 0.1) is 0 Å². The summed E-state index contributed by atoms with van der Waals surface area (Å²) in [6.45, 7) is 7.53. The molecule has 5 rings (SSSR count). The lowest BCUT2D eigenvalue weighted by molar-refractivity contribution is -0.140. The van der Waals surface area contributed by atoms with Gasteiger partial charge >= 0.3 is 6.18 Å². The van der Waals surface area contributed by atoms with Gasteiger partial charge in [-0.25, -0.2) is 4.98 Å². The van der Waals surface area contributed by atoms with Crippen LogP contribution in [0.5, 0.6) is 5.75 Å². The van der Waals surface area contributed by atoms with Crippen molar-refractivity contribution in [3.8, 4) is 5.75 Å². The largest absolute Gasteiger partial charge is 0.492 e. The first-order valence-corrected chi connectivity index (χ1v) is 12.9. The van der Waals surface area contributed by atoms with E-state index in [1.807, 2.05) is 0 Å². The van der Waals surface area contributed by atoms with Crippen LogP contribution >= 0.6 is 0 Å². The number of nitrogens with zero attached hydrogens (tertiary/aromatic N) is 4. The summed E-state index contributed by atoms with van der Waals surface area (Å²) >= 11 is 0. The molecule has 8 heteroatoms. The van der Waals surface area contributed by atoms with Crippen LogP contribution in [0.4, 0.5) is 18.9 Å². The first-order chi connectivity index (χ1) is 17.8. The van der Waals surface area contributed by atoms with Gasteiger partial charge in [0, 0.05) is 56.9 Å². The van der Waals surface area contributed by atoms with E-state index >= 15 is 0 Å². The number of pyridine rings is 1. The minimum absolute atomic E-state index is 0.289. The fraction of sp³-hybridized carbons (Fsp3) is 0.414. The summed E-state index contributed by atoms with van der Waals surface area (Å²) in [5.41, 5.74) is 3.43. The number of benzene rings is 2. The number of aromatic nitrogens is 1. The maximum atomic E-state index is 13.0. The van der Waals surface area contributed by atoms with Gasteiger partial charge in [-0.1, -0.05) is 29.8 Å². The Hall–Kier alpha value is -3.10. The van der Waals surface area contributed by atoms with Gasteiger partial charge in [0.25, 0.3) is 0 Å². The number of piperazine rings is 1. The van der Waals surface area contributed by atoms with E-state index < -0.39 is 11.9 Å². The normalized spacial score (nSPS) is 17.8. The van der Waals surface area contributed by atoms with Gasteiger partial charge in [-0.2, -0.15) is 13.2 Å². The van der Waals surface area contributed by atoms with Crippen molar-refractivity contribution in [2.24, 2.45) is 0 Å². The molecule has 3 heterocycles. The zero-order valence-electron chi connectivity index (χ0n) is 21.2. The number of fused-ring (bicyclic) bond motifs is 1. The van der Waals surface area contributed by atoms with E-state index in [-0.39, 0.29) is 5.52 Å². The lowest BCUT2D eigenvalue weighted by Gasteiger charge is -2.34. The molecule has 0 bridgehead atoms. The second-order valence-corrected chi connectivity index (χ2v) is 9.90. The third-order valence-corrected chi connectivity index (χ3v) is 7.26. The molecular formula is C29H33F3N4O. The number of hydrogen-bond acceptors (Lipinski definition) is 5. The Labute approximate surface area is 216 Å². The number of piperidine rings is 1. The summed E-state index contributed by atoms with van der Waals surface area (Å²) in [7, 11) is 2.17. The zero-order chi connectivity index (χ0) is 25.8. The first-order valence-electron chi connectivity index (χ1n) is 12.9. The third kappa shape index (κ3) is 6.43. The molecule has 0 N–H and O–H groups in total. The van der Waals surface area contributed by atoms with Gasteiger partial charge in [0.15, 0.2) is 0 Å². The molecule has 2 aliphatic heterocycles. The van der Waals surface area contributed by atoms with Crippen LogP contribution in [0.15, 0.2) is 60.2 Å². The maximum Gasteiger partial charge on any atom is 0.433 e. The summed E-state index contributed by atoms with van der Waals surface area (Å²) in [5, 5.41) is 0.596. The molecule has 5 nitrogen and oxygen atoms in total. The van der Waals surface area contributed by atoms with Gasteiger partial charge in [0.1, 0.15) is 18.1 Å². The average Bonchev–Trinajstić information content (AvgIpc) is 2.89. The summed E-state index contributed by atoms with van der Waals surface area (Å²) in [6, 6.07) is 16.3. The molecule has 1 aromatic heterocycles. The summed E-state index contributed by atoms with van der Waals surface area (Å²) < 4.78 is 44.9. The van der Waals surface area contributed by atoms with Crippen LogP contribution in [0.3, 0.4) is 0 Å². The van der Waals surface area contributed by atoms with Crippen LogP contribution in [0.2, 0.25) is 0 Å². The van der Waals surface area contributed by atoms with Crippen molar-refractivity contribution < 1.29 is 17.9 Å². The molecule has 0 saturated carbocycles. The molecule has 0 spiro atoms. The quantitative estimate of drug-likeness (QED) is 0.433. The fourth-order valence-electron chi connectivity index (χ4n) is 5.02. The minimum atomic E-state index is -4.46. The number of ether oxygens (including phenoxy) is 1. The van der Waals surface area contributed by atoms with Crippen molar-refractivity contribution in [3.05, 3.63) is 71.4 Å². The molecule has 2 aromatic carbocycles. The summed E-state index contributed by atoms with van der Waals surface area (Å²) in [4.78, 5) is 11.0. The fourth-order valence-corrected chi connectivity index (χ4v) is 5.02. The molecule has 196 valence electrons. The Bertz CT molecular complexity index is 1240. The van der Waals surface area contributed by atoms with Crippen molar-refractivity contribution in [1.29, 1.82) is 0 Å². The van der Waals surface area contributed by atoms with E-state index in [1.165, 1.54) is 22.9 Å². The smallest absolute Gasteiger partial charge is 0.433 e. The number of likely N-dealkylation sites (N-methyl/N-ethyl adjacent to an activating group) is 1. The lowest BCUT2D eigenvalue weighted by Crippen LogP contribution is -2.44. The molecule has 0 radical (unpaired) electrons. The Morgan fingerprint density at radius 2 is 1.68 bits per heavy atom. The molecule has 2 aliphatic rings. The lowest BCUT2D eigenvalue weighted by atomic mass is 10.0. The number of halogens is 3. The number of hydrogen-bond donors (Lipinski definition) is 0. The van der Waals surface area contributed by atoms with Gasteiger partial charge in [-0.15, -0.1) is 0 Å². The molecular weight excluding hydrogens is 477 g/mol. The molecule has 3 aromatic rings. The van der Waals surface area contributed by atoms with Crippen LogP contribution in [-0.2, 0) is 6.18 Å². The molecule has 37 heavy (non-hydrogen) atoms. The molecule has 0 amide bonds. The van der Waals surface area contributed by atoms with E-state index in [0.717, 1.165) is 64.7 Å². The van der Waals surface area contributed by atoms with E-state index in [0.29, 0.717) is 17.7 Å². The van der Waals surface area contributed by atoms with Gasteiger partial charge < -0.3 is 14.5 Å². The number of likely N-dealkylation sites (tertiary alicyclic amines) is 1. The Kier molecular flexibility index (Phi) is 7.67. The van der Waals surface area contributed by atoms with Crippen LogP contribution in [0.1, 0.15) is 24.1 Å². The number of rotatable bonds is 6. The van der Waals surface area contributed by atoms with E-state index in [1.54, 1.807) is 18.2 Å². The van der Waals surface area contributed by atoms with Crippen molar-refractivity contribution in [1.82, 2.24) is 14.8 Å². The first kappa shape index (κ1) is 25.5. The van der Waals surface area contributed by atoms with E-state index in [2.05, 4.69) is 57.1 Å². The van der Waals surface area contributed by atoms with Gasteiger partial charge in [-0.3, -0.25) is 4.90 Å². The summed E-state index contributed by atoms with van der Waals surface area (Å²) in [6.07, 6.45) is -0.0694. The Morgan fingerprint density at radius 1 is 0.919 bits per heavy atom. The topological polar surface area (TPSA) is 31.8 Å². The van der Waals surface area contributed by atoms with Crippen LogP contribution < -0.4 is 9.64 Å².